The maximum atomic E-state index is 10.9. The van der Waals surface area contributed by atoms with Crippen LogP contribution in [0.5, 0.6) is 11.5 Å². The van der Waals surface area contributed by atoms with Gasteiger partial charge in [0.25, 0.3) is 0 Å². The molecule has 0 aliphatic rings. The van der Waals surface area contributed by atoms with E-state index in [1.54, 1.807) is 25.5 Å². The van der Waals surface area contributed by atoms with Gasteiger partial charge in [-0.1, -0.05) is 18.2 Å². The number of carboxylic acid groups (broad SMARTS) is 1. The Kier molecular flexibility index (Phi) is 6.70. The summed E-state index contributed by atoms with van der Waals surface area (Å²) < 4.78 is 16.3. The van der Waals surface area contributed by atoms with E-state index in [1.165, 1.54) is 6.07 Å². The molecule has 7 heteroatoms. The minimum absolute atomic E-state index is 0.0838. The summed E-state index contributed by atoms with van der Waals surface area (Å²) in [7, 11) is 1.55. The van der Waals surface area contributed by atoms with Crippen LogP contribution in [0.4, 0.5) is 17.1 Å². The number of methoxy groups -OCH3 is 1. The Labute approximate surface area is 190 Å². The third-order valence-electron chi connectivity index (χ3n) is 4.72. The number of furan rings is 1. The van der Waals surface area contributed by atoms with Gasteiger partial charge in [0.1, 0.15) is 12.4 Å². The molecule has 2 N–H and O–H groups in total. The van der Waals surface area contributed by atoms with Gasteiger partial charge in [-0.15, -0.1) is 0 Å². The number of nitrogens with one attached hydrogen (secondary N) is 1. The first-order chi connectivity index (χ1) is 16.1. The van der Waals surface area contributed by atoms with Crippen LogP contribution in [0.25, 0.3) is 0 Å². The molecule has 4 rings (SSSR count). The SMILES string of the molecule is COc1cc(C=Nc2ccc(Nc3ccccc3)cc2)ccc1OCc1ccc(C(=O)O)o1. The van der Waals surface area contributed by atoms with Gasteiger partial charge >= 0.3 is 5.97 Å². The first kappa shape index (κ1) is 21.7. The number of aliphatic imine (C=N–C) groups is 1. The zero-order valence-electron chi connectivity index (χ0n) is 17.9. The second-order valence-electron chi connectivity index (χ2n) is 7.07. The average molecular weight is 442 g/mol. The van der Waals surface area contributed by atoms with E-state index in [0.29, 0.717) is 17.3 Å². The largest absolute Gasteiger partial charge is 0.493 e. The molecule has 0 unspecified atom stereocenters. The molecule has 33 heavy (non-hydrogen) atoms. The molecule has 1 heterocycles. The average Bonchev–Trinajstić information content (AvgIpc) is 3.33. The maximum absolute atomic E-state index is 10.9. The van der Waals surface area contributed by atoms with Gasteiger partial charge in [0, 0.05) is 17.6 Å². The van der Waals surface area contributed by atoms with Crippen molar-refractivity contribution in [2.24, 2.45) is 4.99 Å². The van der Waals surface area contributed by atoms with Crippen molar-refractivity contribution in [2.75, 3.05) is 12.4 Å². The second-order valence-corrected chi connectivity index (χ2v) is 7.07. The van der Waals surface area contributed by atoms with Crippen LogP contribution < -0.4 is 14.8 Å². The number of carboxylic acids is 1. The predicted octanol–water partition coefficient (Wildman–Crippen LogP) is 6.06. The summed E-state index contributed by atoms with van der Waals surface area (Å²) in [6.07, 6.45) is 1.75. The molecule has 0 atom stereocenters. The number of hydrogen-bond acceptors (Lipinski definition) is 6. The van der Waals surface area contributed by atoms with E-state index in [4.69, 9.17) is 19.0 Å². The molecule has 0 radical (unpaired) electrons. The number of ether oxygens (including phenoxy) is 2. The third-order valence-corrected chi connectivity index (χ3v) is 4.72. The summed E-state index contributed by atoms with van der Waals surface area (Å²) in [6, 6.07) is 26.2. The summed E-state index contributed by atoms with van der Waals surface area (Å²) in [5.74, 6) is 0.205. The summed E-state index contributed by atoms with van der Waals surface area (Å²) in [4.78, 5) is 15.4. The fourth-order valence-electron chi connectivity index (χ4n) is 3.07. The minimum Gasteiger partial charge on any atom is -0.493 e. The van der Waals surface area contributed by atoms with Crippen molar-refractivity contribution in [3.63, 3.8) is 0 Å². The number of aromatic carboxylic acids is 1. The van der Waals surface area contributed by atoms with Crippen molar-refractivity contribution in [3.8, 4) is 11.5 Å². The van der Waals surface area contributed by atoms with Crippen LogP contribution >= 0.6 is 0 Å². The summed E-state index contributed by atoms with van der Waals surface area (Å²) in [5.41, 5.74) is 3.67. The minimum atomic E-state index is -1.12. The second kappa shape index (κ2) is 10.2. The highest BCUT2D eigenvalue weighted by molar-refractivity contribution is 5.84. The van der Waals surface area contributed by atoms with Crippen LogP contribution in [0.1, 0.15) is 21.9 Å². The van der Waals surface area contributed by atoms with Gasteiger partial charge in [-0.2, -0.15) is 0 Å². The van der Waals surface area contributed by atoms with Crippen molar-refractivity contribution < 1.29 is 23.8 Å². The fourth-order valence-corrected chi connectivity index (χ4v) is 3.07. The standard InChI is InChI=1S/C26H22N2O5/c1-31-25-15-18(7-13-23(25)32-17-22-12-14-24(33-22)26(29)30)16-27-19-8-10-21(11-9-19)28-20-5-3-2-4-6-20/h2-16,28H,17H2,1H3,(H,29,30). The van der Waals surface area contributed by atoms with E-state index in [1.807, 2.05) is 66.7 Å². The normalized spacial score (nSPS) is 10.8. The Balaban J connectivity index is 1.39. The van der Waals surface area contributed by atoms with Gasteiger partial charge in [0.15, 0.2) is 11.5 Å². The Morgan fingerprint density at radius 2 is 1.73 bits per heavy atom. The van der Waals surface area contributed by atoms with E-state index in [2.05, 4.69) is 10.3 Å². The third kappa shape index (κ3) is 5.80. The van der Waals surface area contributed by atoms with Gasteiger partial charge in [0.05, 0.1) is 12.8 Å². The summed E-state index contributed by atoms with van der Waals surface area (Å²) in [6.45, 7) is 0.0838. The number of rotatable bonds is 9. The Morgan fingerprint density at radius 3 is 2.42 bits per heavy atom. The van der Waals surface area contributed by atoms with Crippen LogP contribution in [0, 0.1) is 0 Å². The molecule has 0 aliphatic carbocycles. The molecule has 0 amide bonds. The highest BCUT2D eigenvalue weighted by Gasteiger charge is 2.11. The smallest absolute Gasteiger partial charge is 0.371 e. The summed E-state index contributed by atoms with van der Waals surface area (Å²) >= 11 is 0. The molecule has 0 saturated carbocycles. The van der Waals surface area contributed by atoms with Crippen molar-refractivity contribution in [1.29, 1.82) is 0 Å². The predicted molar refractivity (Wildman–Crippen MR) is 126 cm³/mol. The lowest BCUT2D eigenvalue weighted by molar-refractivity contribution is 0.0658. The molecule has 0 fully saturated rings. The van der Waals surface area contributed by atoms with E-state index in [-0.39, 0.29) is 12.4 Å². The lowest BCUT2D eigenvalue weighted by atomic mass is 10.2. The van der Waals surface area contributed by atoms with Crippen LogP contribution in [-0.4, -0.2) is 24.4 Å². The first-order valence-corrected chi connectivity index (χ1v) is 10.2. The van der Waals surface area contributed by atoms with Crippen molar-refractivity contribution >= 4 is 29.2 Å². The Morgan fingerprint density at radius 1 is 0.970 bits per heavy atom. The van der Waals surface area contributed by atoms with E-state index >= 15 is 0 Å². The molecule has 166 valence electrons. The van der Waals surface area contributed by atoms with Gasteiger partial charge < -0.3 is 24.3 Å². The quantitative estimate of drug-likeness (QED) is 0.306. The van der Waals surface area contributed by atoms with Gasteiger partial charge in [0.2, 0.25) is 5.76 Å². The highest BCUT2D eigenvalue weighted by Crippen LogP contribution is 2.29. The van der Waals surface area contributed by atoms with Crippen molar-refractivity contribution in [3.05, 3.63) is 102 Å². The Hall–Kier alpha value is -4.52. The maximum Gasteiger partial charge on any atom is 0.371 e. The topological polar surface area (TPSA) is 93.3 Å². The number of anilines is 2. The van der Waals surface area contributed by atoms with Gasteiger partial charge in [-0.3, -0.25) is 4.99 Å². The van der Waals surface area contributed by atoms with Crippen LogP contribution in [0.3, 0.4) is 0 Å². The lowest BCUT2D eigenvalue weighted by Crippen LogP contribution is -1.98. The molecule has 3 aromatic carbocycles. The number of benzene rings is 3. The molecule has 4 aromatic rings. The van der Waals surface area contributed by atoms with E-state index in [9.17, 15) is 4.79 Å². The zero-order valence-corrected chi connectivity index (χ0v) is 17.9. The van der Waals surface area contributed by atoms with Gasteiger partial charge in [-0.25, -0.2) is 4.79 Å². The van der Waals surface area contributed by atoms with Crippen LogP contribution in [-0.2, 0) is 6.61 Å². The Bertz CT molecular complexity index is 1250. The molecule has 1 aromatic heterocycles. The monoisotopic (exact) mass is 442 g/mol. The molecule has 0 aliphatic heterocycles. The molecule has 7 nitrogen and oxygen atoms in total. The number of hydrogen-bond donors (Lipinski definition) is 2. The fraction of sp³-hybridized carbons (Fsp3) is 0.0769. The van der Waals surface area contributed by atoms with Crippen LogP contribution in [0.15, 0.2) is 94.3 Å². The number of para-hydroxylation sites is 1. The van der Waals surface area contributed by atoms with Crippen molar-refractivity contribution in [2.45, 2.75) is 6.61 Å². The molecule has 0 spiro atoms. The number of carbonyl (C=O) groups is 1. The molecular formula is C26H22N2O5. The van der Waals surface area contributed by atoms with Crippen LogP contribution in [0.2, 0.25) is 0 Å². The van der Waals surface area contributed by atoms with E-state index < -0.39 is 5.97 Å². The zero-order chi connectivity index (χ0) is 23.0. The highest BCUT2D eigenvalue weighted by atomic mass is 16.5. The molecule has 0 bridgehead atoms. The summed E-state index contributed by atoms with van der Waals surface area (Å²) in [5, 5.41) is 12.3. The van der Waals surface area contributed by atoms with Crippen molar-refractivity contribution in [1.82, 2.24) is 0 Å². The molecule has 0 saturated heterocycles. The number of nitrogens with zero attached hydrogens (tertiary/aromatic N) is 1. The first-order valence-electron chi connectivity index (χ1n) is 10.2. The van der Waals surface area contributed by atoms with Gasteiger partial charge in [-0.05, 0) is 72.3 Å². The van der Waals surface area contributed by atoms with E-state index in [0.717, 1.165) is 22.6 Å². The lowest BCUT2D eigenvalue weighted by Gasteiger charge is -2.10. The molecular weight excluding hydrogens is 420 g/mol.